The molecule has 0 fully saturated rings. The van der Waals surface area contributed by atoms with Crippen LogP contribution in [0.3, 0.4) is 0 Å². The summed E-state index contributed by atoms with van der Waals surface area (Å²) in [7, 11) is 0. The molecule has 5 heteroatoms. The molecule has 0 aliphatic heterocycles. The summed E-state index contributed by atoms with van der Waals surface area (Å²) >= 11 is 1.43. The third-order valence-electron chi connectivity index (χ3n) is 1.32. The Morgan fingerprint density at radius 2 is 2.46 bits per heavy atom. The first-order chi connectivity index (χ1) is 6.18. The Morgan fingerprint density at radius 1 is 1.69 bits per heavy atom. The second-order valence-corrected chi connectivity index (χ2v) is 3.55. The largest absolute Gasteiger partial charge is 0.481 e. The van der Waals surface area contributed by atoms with Gasteiger partial charge in [-0.2, -0.15) is 0 Å². The van der Waals surface area contributed by atoms with Gasteiger partial charge in [0.1, 0.15) is 5.82 Å². The summed E-state index contributed by atoms with van der Waals surface area (Å²) in [5.41, 5.74) is 0. The number of aliphatic carboxylic acids is 1. The van der Waals surface area contributed by atoms with Crippen LogP contribution in [0.1, 0.15) is 12.2 Å². The molecule has 0 amide bonds. The van der Waals surface area contributed by atoms with Crippen LogP contribution in [0.4, 0.5) is 0 Å². The van der Waals surface area contributed by atoms with Gasteiger partial charge in [-0.15, -0.1) is 11.8 Å². The third kappa shape index (κ3) is 3.89. The van der Waals surface area contributed by atoms with Gasteiger partial charge in [0.2, 0.25) is 0 Å². The SMILES string of the molecule is Cc1nccc(SCCC(=O)O)n1. The Hall–Kier alpha value is -1.10. The summed E-state index contributed by atoms with van der Waals surface area (Å²) < 4.78 is 0. The summed E-state index contributed by atoms with van der Waals surface area (Å²) in [6, 6.07) is 1.78. The van der Waals surface area contributed by atoms with Crippen LogP contribution in [0.2, 0.25) is 0 Å². The highest BCUT2D eigenvalue weighted by Gasteiger charge is 1.99. The van der Waals surface area contributed by atoms with Crippen molar-refractivity contribution in [2.45, 2.75) is 18.4 Å². The fourth-order valence-corrected chi connectivity index (χ4v) is 1.60. The number of carbonyl (C=O) groups is 1. The van der Waals surface area contributed by atoms with Crippen LogP contribution in [0.25, 0.3) is 0 Å². The van der Waals surface area contributed by atoms with Crippen LogP contribution >= 0.6 is 11.8 Å². The second kappa shape index (κ2) is 4.81. The Labute approximate surface area is 80.4 Å². The first kappa shape index (κ1) is 9.98. The Balaban J connectivity index is 2.41. The molecule has 0 radical (unpaired) electrons. The Bertz CT molecular complexity index is 304. The van der Waals surface area contributed by atoms with E-state index in [0.29, 0.717) is 11.6 Å². The molecule has 0 aromatic carbocycles. The molecule has 70 valence electrons. The van der Waals surface area contributed by atoms with Crippen LogP contribution in [-0.2, 0) is 4.79 Å². The van der Waals surface area contributed by atoms with Gasteiger partial charge in [0.05, 0.1) is 11.4 Å². The summed E-state index contributed by atoms with van der Waals surface area (Å²) in [5.74, 6) is 0.477. The molecule has 1 aromatic heterocycles. The minimum Gasteiger partial charge on any atom is -0.481 e. The Morgan fingerprint density at radius 3 is 3.08 bits per heavy atom. The number of aromatic nitrogens is 2. The lowest BCUT2D eigenvalue weighted by molar-refractivity contribution is -0.136. The van der Waals surface area contributed by atoms with Crippen LogP contribution in [-0.4, -0.2) is 26.8 Å². The van der Waals surface area contributed by atoms with Gasteiger partial charge >= 0.3 is 5.97 Å². The zero-order chi connectivity index (χ0) is 9.68. The highest BCUT2D eigenvalue weighted by molar-refractivity contribution is 7.99. The molecule has 0 aliphatic carbocycles. The van der Waals surface area contributed by atoms with Crippen molar-refractivity contribution in [1.29, 1.82) is 0 Å². The van der Waals surface area contributed by atoms with Crippen LogP contribution in [0.15, 0.2) is 17.3 Å². The van der Waals surface area contributed by atoms with Gasteiger partial charge < -0.3 is 5.11 Å². The topological polar surface area (TPSA) is 63.1 Å². The van der Waals surface area contributed by atoms with E-state index in [4.69, 9.17) is 5.11 Å². The number of aryl methyl sites for hydroxylation is 1. The predicted molar refractivity (Wildman–Crippen MR) is 49.7 cm³/mol. The highest BCUT2D eigenvalue weighted by Crippen LogP contribution is 2.14. The van der Waals surface area contributed by atoms with Crippen LogP contribution in [0.5, 0.6) is 0 Å². The van der Waals surface area contributed by atoms with E-state index in [0.717, 1.165) is 5.03 Å². The summed E-state index contributed by atoms with van der Waals surface area (Å²) in [4.78, 5) is 18.3. The fraction of sp³-hybridized carbons (Fsp3) is 0.375. The molecule has 1 aromatic rings. The standard InChI is InChI=1S/C8H10N2O2S/c1-6-9-4-2-7(10-6)13-5-3-8(11)12/h2,4H,3,5H2,1H3,(H,11,12). The lowest BCUT2D eigenvalue weighted by Crippen LogP contribution is -1.96. The molecule has 0 spiro atoms. The van der Waals surface area contributed by atoms with Gasteiger partial charge in [-0.1, -0.05) is 0 Å². The molecular weight excluding hydrogens is 188 g/mol. The van der Waals surface area contributed by atoms with E-state index >= 15 is 0 Å². The first-order valence-corrected chi connectivity index (χ1v) is 4.81. The normalized spacial score (nSPS) is 9.92. The monoisotopic (exact) mass is 198 g/mol. The number of nitrogens with zero attached hydrogens (tertiary/aromatic N) is 2. The van der Waals surface area contributed by atoms with E-state index in [-0.39, 0.29) is 6.42 Å². The molecule has 4 nitrogen and oxygen atoms in total. The first-order valence-electron chi connectivity index (χ1n) is 3.83. The minimum atomic E-state index is -0.779. The predicted octanol–water partition coefficient (Wildman–Crippen LogP) is 1.35. The maximum Gasteiger partial charge on any atom is 0.304 e. The maximum atomic E-state index is 10.2. The fourth-order valence-electron chi connectivity index (χ4n) is 0.758. The molecule has 1 rings (SSSR count). The zero-order valence-corrected chi connectivity index (χ0v) is 8.04. The minimum absolute atomic E-state index is 0.160. The molecule has 0 unspecified atom stereocenters. The van der Waals surface area contributed by atoms with E-state index in [1.54, 1.807) is 19.2 Å². The van der Waals surface area contributed by atoms with Gasteiger partial charge in [0.15, 0.2) is 0 Å². The van der Waals surface area contributed by atoms with Crippen LogP contribution in [0, 0.1) is 6.92 Å². The van der Waals surface area contributed by atoms with E-state index in [1.807, 2.05) is 0 Å². The lowest BCUT2D eigenvalue weighted by atomic mass is 10.5. The molecule has 13 heavy (non-hydrogen) atoms. The number of hydrogen-bond acceptors (Lipinski definition) is 4. The lowest BCUT2D eigenvalue weighted by Gasteiger charge is -1.98. The van der Waals surface area contributed by atoms with Crippen molar-refractivity contribution in [1.82, 2.24) is 9.97 Å². The number of thioether (sulfide) groups is 1. The van der Waals surface area contributed by atoms with Gasteiger partial charge in [0, 0.05) is 11.9 Å². The van der Waals surface area contributed by atoms with Gasteiger partial charge in [-0.3, -0.25) is 4.79 Å². The highest BCUT2D eigenvalue weighted by atomic mass is 32.2. The number of carboxylic acids is 1. The molecule has 0 aliphatic rings. The van der Waals surface area contributed by atoms with E-state index < -0.39 is 5.97 Å². The van der Waals surface area contributed by atoms with Crippen molar-refractivity contribution in [2.24, 2.45) is 0 Å². The summed E-state index contributed by atoms with van der Waals surface area (Å²) in [6.45, 7) is 1.81. The van der Waals surface area contributed by atoms with Crippen molar-refractivity contribution >= 4 is 17.7 Å². The summed E-state index contributed by atoms with van der Waals surface area (Å²) in [5, 5.41) is 9.23. The van der Waals surface area contributed by atoms with E-state index in [9.17, 15) is 4.79 Å². The van der Waals surface area contributed by atoms with Gasteiger partial charge in [0.25, 0.3) is 0 Å². The molecule has 0 bridgehead atoms. The maximum absolute atomic E-state index is 10.2. The van der Waals surface area contributed by atoms with E-state index in [2.05, 4.69) is 9.97 Å². The molecular formula is C8H10N2O2S. The molecule has 1 N–H and O–H groups in total. The van der Waals surface area contributed by atoms with Crippen LogP contribution < -0.4 is 0 Å². The summed E-state index contributed by atoms with van der Waals surface area (Å²) in [6.07, 6.45) is 1.83. The van der Waals surface area contributed by atoms with Crippen molar-refractivity contribution in [3.63, 3.8) is 0 Å². The average Bonchev–Trinajstić information content (AvgIpc) is 2.03. The smallest absolute Gasteiger partial charge is 0.304 e. The number of rotatable bonds is 4. The zero-order valence-electron chi connectivity index (χ0n) is 7.23. The number of carboxylic acid groups (broad SMARTS) is 1. The van der Waals surface area contributed by atoms with Crippen molar-refractivity contribution in [3.05, 3.63) is 18.1 Å². The van der Waals surface area contributed by atoms with Gasteiger partial charge in [-0.25, -0.2) is 9.97 Å². The number of hydrogen-bond donors (Lipinski definition) is 1. The Kier molecular flexibility index (Phi) is 3.70. The third-order valence-corrected chi connectivity index (χ3v) is 2.25. The van der Waals surface area contributed by atoms with Crippen molar-refractivity contribution < 1.29 is 9.90 Å². The molecule has 0 saturated carbocycles. The molecule has 1 heterocycles. The quantitative estimate of drug-likeness (QED) is 0.584. The second-order valence-electron chi connectivity index (χ2n) is 2.43. The average molecular weight is 198 g/mol. The van der Waals surface area contributed by atoms with Crippen molar-refractivity contribution in [3.8, 4) is 0 Å². The molecule has 0 saturated heterocycles. The molecule has 0 atom stereocenters. The van der Waals surface area contributed by atoms with E-state index in [1.165, 1.54) is 11.8 Å². The van der Waals surface area contributed by atoms with Crippen molar-refractivity contribution in [2.75, 3.05) is 5.75 Å². The van der Waals surface area contributed by atoms with Gasteiger partial charge in [-0.05, 0) is 13.0 Å².